The van der Waals surface area contributed by atoms with E-state index in [0.717, 1.165) is 11.1 Å². The molecule has 0 aliphatic carbocycles. The summed E-state index contributed by atoms with van der Waals surface area (Å²) in [7, 11) is 0. The van der Waals surface area contributed by atoms with Gasteiger partial charge in [-0.25, -0.2) is 0 Å². The zero-order chi connectivity index (χ0) is 13.8. The second kappa shape index (κ2) is 5.81. The van der Waals surface area contributed by atoms with E-state index in [-0.39, 0.29) is 5.78 Å². The predicted molar refractivity (Wildman–Crippen MR) is 78.3 cm³/mol. The van der Waals surface area contributed by atoms with Crippen molar-refractivity contribution in [3.05, 3.63) is 70.8 Å². The summed E-state index contributed by atoms with van der Waals surface area (Å²) in [6, 6.07) is 15.3. The molecule has 0 spiro atoms. The molecule has 0 heterocycles. The third kappa shape index (κ3) is 3.09. The maximum absolute atomic E-state index is 12.4. The van der Waals surface area contributed by atoms with Gasteiger partial charge in [0.1, 0.15) is 0 Å². The van der Waals surface area contributed by atoms with E-state index in [9.17, 15) is 4.79 Å². The van der Waals surface area contributed by atoms with Crippen molar-refractivity contribution in [1.82, 2.24) is 0 Å². The second-order valence-electron chi connectivity index (χ2n) is 5.01. The van der Waals surface area contributed by atoms with Crippen LogP contribution in [0.3, 0.4) is 0 Å². The molecule has 0 saturated carbocycles. The molecule has 2 aromatic rings. The van der Waals surface area contributed by atoms with E-state index >= 15 is 0 Å². The summed E-state index contributed by atoms with van der Waals surface area (Å²) in [5, 5.41) is 0. The number of benzene rings is 2. The minimum Gasteiger partial charge on any atom is -0.326 e. The van der Waals surface area contributed by atoms with Gasteiger partial charge in [-0.1, -0.05) is 56.3 Å². The standard InChI is InChI=1S/C17H19NO/c1-12(2)14-6-8-15(9-7-14)17(19)16-5-3-4-13(10-16)11-18/h3-10,12H,11,18H2,1-2H3. The van der Waals surface area contributed by atoms with E-state index in [1.165, 1.54) is 5.56 Å². The van der Waals surface area contributed by atoms with E-state index in [1.54, 1.807) is 0 Å². The van der Waals surface area contributed by atoms with E-state index < -0.39 is 0 Å². The lowest BCUT2D eigenvalue weighted by Crippen LogP contribution is -2.04. The Kier molecular flexibility index (Phi) is 4.13. The van der Waals surface area contributed by atoms with Crippen LogP contribution in [0.25, 0.3) is 0 Å². The van der Waals surface area contributed by atoms with Crippen LogP contribution in [0.5, 0.6) is 0 Å². The lowest BCUT2D eigenvalue weighted by molar-refractivity contribution is 0.103. The molecular formula is C17H19NO. The summed E-state index contributed by atoms with van der Waals surface area (Å²) in [4.78, 5) is 12.4. The first kappa shape index (κ1) is 13.5. The summed E-state index contributed by atoms with van der Waals surface area (Å²) < 4.78 is 0. The van der Waals surface area contributed by atoms with Crippen LogP contribution in [0.15, 0.2) is 48.5 Å². The highest BCUT2D eigenvalue weighted by atomic mass is 16.1. The molecule has 19 heavy (non-hydrogen) atoms. The largest absolute Gasteiger partial charge is 0.326 e. The number of hydrogen-bond donors (Lipinski definition) is 1. The third-order valence-electron chi connectivity index (χ3n) is 3.26. The number of ketones is 1. The van der Waals surface area contributed by atoms with Crippen LogP contribution in [0, 0.1) is 0 Å². The molecule has 0 aliphatic heterocycles. The molecule has 0 unspecified atom stereocenters. The molecule has 0 atom stereocenters. The molecule has 0 bridgehead atoms. The van der Waals surface area contributed by atoms with Gasteiger partial charge in [-0.2, -0.15) is 0 Å². The summed E-state index contributed by atoms with van der Waals surface area (Å²) >= 11 is 0. The van der Waals surface area contributed by atoms with Crippen molar-refractivity contribution in [3.63, 3.8) is 0 Å². The maximum atomic E-state index is 12.4. The predicted octanol–water partition coefficient (Wildman–Crippen LogP) is 3.50. The average Bonchev–Trinajstić information content (AvgIpc) is 2.46. The van der Waals surface area contributed by atoms with Gasteiger partial charge in [0.25, 0.3) is 0 Å². The monoisotopic (exact) mass is 253 g/mol. The zero-order valence-corrected chi connectivity index (χ0v) is 11.4. The molecule has 0 aliphatic rings. The Morgan fingerprint density at radius 1 is 1.05 bits per heavy atom. The Balaban J connectivity index is 2.28. The minimum absolute atomic E-state index is 0.0469. The minimum atomic E-state index is 0.0469. The molecule has 2 rings (SSSR count). The van der Waals surface area contributed by atoms with Crippen molar-refractivity contribution in [2.24, 2.45) is 5.73 Å². The normalized spacial score (nSPS) is 10.7. The molecule has 2 aromatic carbocycles. The Morgan fingerprint density at radius 3 is 2.32 bits per heavy atom. The van der Waals surface area contributed by atoms with Crippen molar-refractivity contribution < 1.29 is 4.79 Å². The highest BCUT2D eigenvalue weighted by Crippen LogP contribution is 2.17. The van der Waals surface area contributed by atoms with Crippen molar-refractivity contribution in [3.8, 4) is 0 Å². The van der Waals surface area contributed by atoms with Crippen LogP contribution in [-0.4, -0.2) is 5.78 Å². The third-order valence-corrected chi connectivity index (χ3v) is 3.26. The van der Waals surface area contributed by atoms with Gasteiger partial charge >= 0.3 is 0 Å². The Morgan fingerprint density at radius 2 is 1.74 bits per heavy atom. The highest BCUT2D eigenvalue weighted by Gasteiger charge is 2.09. The summed E-state index contributed by atoms with van der Waals surface area (Å²) in [5.41, 5.74) is 9.23. The van der Waals surface area contributed by atoms with Crippen molar-refractivity contribution >= 4 is 5.78 Å². The SMILES string of the molecule is CC(C)c1ccc(C(=O)c2cccc(CN)c2)cc1. The van der Waals surface area contributed by atoms with Gasteiger partial charge in [0.05, 0.1) is 0 Å². The molecule has 0 aromatic heterocycles. The first-order chi connectivity index (χ1) is 9.11. The molecule has 0 amide bonds. The van der Waals surface area contributed by atoms with Crippen LogP contribution in [-0.2, 0) is 6.54 Å². The number of nitrogens with two attached hydrogens (primary N) is 1. The number of hydrogen-bond acceptors (Lipinski definition) is 2. The van der Waals surface area contributed by atoms with Gasteiger partial charge in [0.15, 0.2) is 5.78 Å². The van der Waals surface area contributed by atoms with Gasteiger partial charge in [-0.15, -0.1) is 0 Å². The van der Waals surface area contributed by atoms with Crippen LogP contribution in [0.1, 0.15) is 46.8 Å². The molecule has 0 radical (unpaired) electrons. The Bertz CT molecular complexity index is 570. The topological polar surface area (TPSA) is 43.1 Å². The Hall–Kier alpha value is -1.93. The van der Waals surface area contributed by atoms with Gasteiger partial charge in [-0.05, 0) is 23.1 Å². The van der Waals surface area contributed by atoms with Crippen LogP contribution in [0.2, 0.25) is 0 Å². The fourth-order valence-corrected chi connectivity index (χ4v) is 2.03. The summed E-state index contributed by atoms with van der Waals surface area (Å²) in [6.45, 7) is 4.73. The first-order valence-corrected chi connectivity index (χ1v) is 6.55. The molecular weight excluding hydrogens is 234 g/mol. The van der Waals surface area contributed by atoms with Crippen molar-refractivity contribution in [1.29, 1.82) is 0 Å². The number of carbonyl (C=O) groups is 1. The van der Waals surface area contributed by atoms with Gasteiger partial charge in [0.2, 0.25) is 0 Å². The fraction of sp³-hybridized carbons (Fsp3) is 0.235. The summed E-state index contributed by atoms with van der Waals surface area (Å²) in [5.74, 6) is 0.523. The van der Waals surface area contributed by atoms with Crippen LogP contribution in [0.4, 0.5) is 0 Å². The van der Waals surface area contributed by atoms with E-state index in [1.807, 2.05) is 48.5 Å². The molecule has 2 heteroatoms. The fourth-order valence-electron chi connectivity index (χ4n) is 2.03. The van der Waals surface area contributed by atoms with Gasteiger partial charge in [-0.3, -0.25) is 4.79 Å². The molecule has 2 N–H and O–H groups in total. The summed E-state index contributed by atoms with van der Waals surface area (Å²) in [6.07, 6.45) is 0. The average molecular weight is 253 g/mol. The lowest BCUT2D eigenvalue weighted by Gasteiger charge is -2.07. The quantitative estimate of drug-likeness (QED) is 0.847. The van der Waals surface area contributed by atoms with E-state index in [4.69, 9.17) is 5.73 Å². The molecule has 98 valence electrons. The number of rotatable bonds is 4. The smallest absolute Gasteiger partial charge is 0.193 e. The van der Waals surface area contributed by atoms with E-state index in [0.29, 0.717) is 18.0 Å². The number of carbonyl (C=O) groups excluding carboxylic acids is 1. The van der Waals surface area contributed by atoms with Gasteiger partial charge < -0.3 is 5.73 Å². The first-order valence-electron chi connectivity index (χ1n) is 6.55. The Labute approximate surface area is 114 Å². The lowest BCUT2D eigenvalue weighted by atomic mass is 9.97. The van der Waals surface area contributed by atoms with E-state index in [2.05, 4.69) is 13.8 Å². The van der Waals surface area contributed by atoms with Crippen LogP contribution >= 0.6 is 0 Å². The molecule has 0 fully saturated rings. The second-order valence-corrected chi connectivity index (χ2v) is 5.01. The van der Waals surface area contributed by atoms with Gasteiger partial charge in [0, 0.05) is 17.7 Å². The van der Waals surface area contributed by atoms with Crippen molar-refractivity contribution in [2.75, 3.05) is 0 Å². The molecule has 2 nitrogen and oxygen atoms in total. The molecule has 0 saturated heterocycles. The maximum Gasteiger partial charge on any atom is 0.193 e. The highest BCUT2D eigenvalue weighted by molar-refractivity contribution is 6.09. The zero-order valence-electron chi connectivity index (χ0n) is 11.4. The van der Waals surface area contributed by atoms with Crippen LogP contribution < -0.4 is 5.73 Å². The van der Waals surface area contributed by atoms with Crippen molar-refractivity contribution in [2.45, 2.75) is 26.3 Å².